The summed E-state index contributed by atoms with van der Waals surface area (Å²) in [5.41, 5.74) is 1.13. The topological polar surface area (TPSA) is 12.9 Å². The number of hydrogen-bond donors (Lipinski definition) is 0. The minimum absolute atomic E-state index is 0.761. The fourth-order valence-electron chi connectivity index (χ4n) is 1.08. The van der Waals surface area contributed by atoms with Crippen molar-refractivity contribution >= 4 is 22.9 Å². The molecule has 1 nitrogen and oxygen atoms in total. The van der Waals surface area contributed by atoms with E-state index in [1.807, 2.05) is 30.5 Å². The highest BCUT2D eigenvalue weighted by atomic mass is 35.5. The van der Waals surface area contributed by atoms with Crippen LogP contribution in [0.1, 0.15) is 4.88 Å². The first-order chi connectivity index (χ1) is 6.25. The number of hydrogen-bond acceptors (Lipinski definition) is 2. The largest absolute Gasteiger partial charge is 0.244 e. The summed E-state index contributed by atoms with van der Waals surface area (Å²) in [5, 5.41) is 1.81. The predicted octanol–water partition coefficient (Wildman–Crippen LogP) is 3.77. The maximum absolute atomic E-state index is 5.79. The van der Waals surface area contributed by atoms with Crippen LogP contribution in [0.3, 0.4) is 0 Å². The van der Waals surface area contributed by atoms with Crippen LogP contribution in [-0.4, -0.2) is 4.98 Å². The average Bonchev–Trinajstić information content (AvgIpc) is 2.53. The molecule has 66 valence electrons. The molecule has 1 aromatic heterocycles. The van der Waals surface area contributed by atoms with Gasteiger partial charge in [-0.1, -0.05) is 23.7 Å². The Morgan fingerprint density at radius 1 is 1.23 bits per heavy atom. The second-order valence-corrected chi connectivity index (χ2v) is 4.45. The molecule has 1 aromatic carbocycles. The Bertz CT molecular complexity index is 405. The third kappa shape index (κ3) is 1.90. The lowest BCUT2D eigenvalue weighted by molar-refractivity contribution is 1.38. The van der Waals surface area contributed by atoms with Crippen molar-refractivity contribution in [2.75, 3.05) is 0 Å². The van der Waals surface area contributed by atoms with Crippen molar-refractivity contribution in [3.63, 3.8) is 0 Å². The monoisotopic (exact) mass is 209 g/mol. The molecule has 0 saturated carbocycles. The van der Waals surface area contributed by atoms with Crippen LogP contribution in [0.25, 0.3) is 10.6 Å². The van der Waals surface area contributed by atoms with Crippen molar-refractivity contribution < 1.29 is 0 Å². The molecule has 0 aliphatic rings. The molecule has 0 amide bonds. The van der Waals surface area contributed by atoms with E-state index in [0.717, 1.165) is 15.6 Å². The Morgan fingerprint density at radius 2 is 1.92 bits per heavy atom. The fourth-order valence-corrected chi connectivity index (χ4v) is 1.98. The minimum atomic E-state index is 0.761. The van der Waals surface area contributed by atoms with Crippen molar-refractivity contribution in [3.8, 4) is 10.6 Å². The number of halogens is 1. The van der Waals surface area contributed by atoms with Crippen LogP contribution in [0, 0.1) is 6.92 Å². The van der Waals surface area contributed by atoms with Gasteiger partial charge in [-0.05, 0) is 19.1 Å². The zero-order valence-corrected chi connectivity index (χ0v) is 8.69. The summed E-state index contributed by atoms with van der Waals surface area (Å²) >= 11 is 7.48. The fraction of sp³-hybridized carbons (Fsp3) is 0.100. The first-order valence-electron chi connectivity index (χ1n) is 3.94. The van der Waals surface area contributed by atoms with E-state index in [2.05, 4.69) is 11.9 Å². The first kappa shape index (κ1) is 8.73. The van der Waals surface area contributed by atoms with E-state index in [0.29, 0.717) is 0 Å². The molecular formula is C10H8ClNS. The third-order valence-corrected chi connectivity index (χ3v) is 2.93. The predicted molar refractivity (Wildman–Crippen MR) is 57.3 cm³/mol. The second kappa shape index (κ2) is 3.48. The van der Waals surface area contributed by atoms with Crippen molar-refractivity contribution in [2.45, 2.75) is 6.92 Å². The van der Waals surface area contributed by atoms with E-state index in [4.69, 9.17) is 11.6 Å². The van der Waals surface area contributed by atoms with Gasteiger partial charge in [0.05, 0.1) is 0 Å². The molecule has 0 aliphatic heterocycles. The van der Waals surface area contributed by atoms with E-state index in [1.54, 1.807) is 11.3 Å². The summed E-state index contributed by atoms with van der Waals surface area (Å²) in [6, 6.07) is 7.74. The van der Waals surface area contributed by atoms with E-state index < -0.39 is 0 Å². The van der Waals surface area contributed by atoms with Crippen LogP contribution in [0.5, 0.6) is 0 Å². The van der Waals surface area contributed by atoms with Crippen molar-refractivity contribution in [1.29, 1.82) is 0 Å². The normalized spacial score (nSPS) is 10.3. The minimum Gasteiger partial charge on any atom is -0.244 e. The highest BCUT2D eigenvalue weighted by Gasteiger charge is 2.01. The molecule has 0 bridgehead atoms. The summed E-state index contributed by atoms with van der Waals surface area (Å²) in [4.78, 5) is 5.52. The van der Waals surface area contributed by atoms with Gasteiger partial charge in [0, 0.05) is 21.7 Å². The summed E-state index contributed by atoms with van der Waals surface area (Å²) in [5.74, 6) is 0. The number of aromatic nitrogens is 1. The molecule has 0 fully saturated rings. The summed E-state index contributed by atoms with van der Waals surface area (Å²) in [6.07, 6.45) is 1.88. The van der Waals surface area contributed by atoms with Gasteiger partial charge in [-0.2, -0.15) is 0 Å². The van der Waals surface area contributed by atoms with Crippen molar-refractivity contribution in [1.82, 2.24) is 4.98 Å². The van der Waals surface area contributed by atoms with Crippen LogP contribution in [0.15, 0.2) is 30.5 Å². The Hall–Kier alpha value is -0.860. The average molecular weight is 210 g/mol. The van der Waals surface area contributed by atoms with Crippen LogP contribution in [0.2, 0.25) is 5.02 Å². The van der Waals surface area contributed by atoms with Crippen LogP contribution in [-0.2, 0) is 0 Å². The van der Waals surface area contributed by atoms with Gasteiger partial charge in [0.1, 0.15) is 5.01 Å². The molecule has 2 rings (SSSR count). The van der Waals surface area contributed by atoms with Gasteiger partial charge in [-0.25, -0.2) is 4.98 Å². The first-order valence-corrected chi connectivity index (χ1v) is 5.13. The Morgan fingerprint density at radius 3 is 2.46 bits per heavy atom. The van der Waals surface area contributed by atoms with Gasteiger partial charge in [-0.15, -0.1) is 11.3 Å². The lowest BCUT2D eigenvalue weighted by Gasteiger charge is -1.94. The van der Waals surface area contributed by atoms with Crippen molar-refractivity contribution in [3.05, 3.63) is 40.4 Å². The number of rotatable bonds is 1. The maximum atomic E-state index is 5.79. The van der Waals surface area contributed by atoms with Gasteiger partial charge >= 0.3 is 0 Å². The van der Waals surface area contributed by atoms with Gasteiger partial charge in [0.15, 0.2) is 0 Å². The lowest BCUT2D eigenvalue weighted by atomic mass is 10.2. The molecule has 0 saturated heterocycles. The maximum Gasteiger partial charge on any atom is 0.123 e. The SMILES string of the molecule is Cc1cnc(-c2ccc(Cl)cc2)s1. The zero-order valence-electron chi connectivity index (χ0n) is 7.12. The van der Waals surface area contributed by atoms with Gasteiger partial charge < -0.3 is 0 Å². The molecule has 0 aliphatic carbocycles. The molecular weight excluding hydrogens is 202 g/mol. The summed E-state index contributed by atoms with van der Waals surface area (Å²) in [7, 11) is 0. The molecule has 0 radical (unpaired) electrons. The number of thiazole rings is 1. The molecule has 13 heavy (non-hydrogen) atoms. The lowest BCUT2D eigenvalue weighted by Crippen LogP contribution is -1.73. The van der Waals surface area contributed by atoms with E-state index in [9.17, 15) is 0 Å². The number of nitrogens with zero attached hydrogens (tertiary/aromatic N) is 1. The molecule has 0 N–H and O–H groups in total. The third-order valence-electron chi connectivity index (χ3n) is 1.71. The van der Waals surface area contributed by atoms with Crippen LogP contribution >= 0.6 is 22.9 Å². The highest BCUT2D eigenvalue weighted by Crippen LogP contribution is 2.25. The second-order valence-electron chi connectivity index (χ2n) is 2.78. The zero-order chi connectivity index (χ0) is 9.26. The smallest absolute Gasteiger partial charge is 0.123 e. The molecule has 2 aromatic rings. The van der Waals surface area contributed by atoms with Gasteiger partial charge in [-0.3, -0.25) is 0 Å². The van der Waals surface area contributed by atoms with Crippen molar-refractivity contribution in [2.24, 2.45) is 0 Å². The Balaban J connectivity index is 2.41. The summed E-state index contributed by atoms with van der Waals surface area (Å²) < 4.78 is 0. The van der Waals surface area contributed by atoms with Gasteiger partial charge in [0.2, 0.25) is 0 Å². The van der Waals surface area contributed by atoms with E-state index >= 15 is 0 Å². The quantitative estimate of drug-likeness (QED) is 0.697. The van der Waals surface area contributed by atoms with Gasteiger partial charge in [0.25, 0.3) is 0 Å². The molecule has 1 heterocycles. The highest BCUT2D eigenvalue weighted by molar-refractivity contribution is 7.14. The molecule has 0 unspecified atom stereocenters. The standard InChI is InChI=1S/C10H8ClNS/c1-7-6-12-10(13-7)8-2-4-9(11)5-3-8/h2-6H,1H3. The van der Waals surface area contributed by atoms with Crippen LogP contribution < -0.4 is 0 Å². The Kier molecular flexibility index (Phi) is 2.34. The van der Waals surface area contributed by atoms with Crippen LogP contribution in [0.4, 0.5) is 0 Å². The molecule has 0 atom stereocenters. The number of benzene rings is 1. The summed E-state index contributed by atoms with van der Waals surface area (Å²) in [6.45, 7) is 2.05. The Labute approximate surface area is 86.0 Å². The van der Waals surface area contributed by atoms with E-state index in [1.165, 1.54) is 4.88 Å². The molecule has 0 spiro atoms. The molecule has 3 heteroatoms. The van der Waals surface area contributed by atoms with E-state index in [-0.39, 0.29) is 0 Å². The number of aryl methyl sites for hydroxylation is 1.